The van der Waals surface area contributed by atoms with E-state index in [-0.39, 0.29) is 5.91 Å². The van der Waals surface area contributed by atoms with Crippen molar-refractivity contribution in [3.8, 4) is 5.75 Å². The van der Waals surface area contributed by atoms with Crippen molar-refractivity contribution in [2.45, 2.75) is 6.42 Å². The predicted molar refractivity (Wildman–Crippen MR) is 91.5 cm³/mol. The van der Waals surface area contributed by atoms with E-state index in [1.807, 2.05) is 24.3 Å². The van der Waals surface area contributed by atoms with Crippen molar-refractivity contribution in [1.29, 1.82) is 0 Å². The molecular weight excluding hydrogens is 288 g/mol. The highest BCUT2D eigenvalue weighted by Gasteiger charge is 2.17. The zero-order chi connectivity index (χ0) is 16.2. The Balaban J connectivity index is 1.41. The van der Waals surface area contributed by atoms with Crippen molar-refractivity contribution in [2.24, 2.45) is 0 Å². The van der Waals surface area contributed by atoms with Crippen molar-refractivity contribution in [1.82, 2.24) is 9.80 Å². The summed E-state index contributed by atoms with van der Waals surface area (Å²) in [5.74, 6) is 0.815. The minimum absolute atomic E-state index is 0.00697. The standard InChI is InChI=1S/C19H22N2O2/c1-20(2)19(22)15-7-9-18(10-8-15)23-12-4-11-21-13-16-5-3-6-17(16)14-21/h3,5-10,13H,4,11-12,14H2,1-2H3. The summed E-state index contributed by atoms with van der Waals surface area (Å²) in [7, 11) is 3.50. The molecule has 1 aromatic carbocycles. The van der Waals surface area contributed by atoms with Crippen LogP contribution in [-0.4, -0.2) is 49.5 Å². The number of carbonyl (C=O) groups is 1. The van der Waals surface area contributed by atoms with Gasteiger partial charge in [0.25, 0.3) is 5.91 Å². The molecule has 0 unspecified atom stereocenters. The molecule has 0 atom stereocenters. The zero-order valence-electron chi connectivity index (χ0n) is 13.7. The first-order chi connectivity index (χ1) is 11.1. The quantitative estimate of drug-likeness (QED) is 0.758. The molecule has 1 heterocycles. The van der Waals surface area contributed by atoms with E-state index in [9.17, 15) is 4.79 Å². The summed E-state index contributed by atoms with van der Waals surface area (Å²) in [6.07, 6.45) is 9.63. The van der Waals surface area contributed by atoms with Crippen LogP contribution in [0, 0.1) is 0 Å². The third-order valence-corrected chi connectivity index (χ3v) is 4.00. The summed E-state index contributed by atoms with van der Waals surface area (Å²) in [6.45, 7) is 2.67. The van der Waals surface area contributed by atoms with Crippen LogP contribution < -0.4 is 4.74 Å². The van der Waals surface area contributed by atoms with Crippen LogP contribution in [0.5, 0.6) is 5.75 Å². The van der Waals surface area contributed by atoms with E-state index in [2.05, 4.69) is 29.3 Å². The van der Waals surface area contributed by atoms with Crippen LogP contribution in [0.25, 0.3) is 0 Å². The smallest absolute Gasteiger partial charge is 0.253 e. The lowest BCUT2D eigenvalue weighted by Gasteiger charge is -2.15. The summed E-state index contributed by atoms with van der Waals surface area (Å²) in [5.41, 5.74) is 3.43. The molecule has 0 bridgehead atoms. The maximum Gasteiger partial charge on any atom is 0.253 e. The maximum absolute atomic E-state index is 11.8. The minimum atomic E-state index is 0.00697. The Morgan fingerprint density at radius 2 is 2.04 bits per heavy atom. The molecule has 0 N–H and O–H groups in total. The van der Waals surface area contributed by atoms with E-state index >= 15 is 0 Å². The van der Waals surface area contributed by atoms with Gasteiger partial charge >= 0.3 is 0 Å². The fourth-order valence-electron chi connectivity index (χ4n) is 2.76. The fraction of sp³-hybridized carbons (Fsp3) is 0.316. The number of hydrogen-bond donors (Lipinski definition) is 0. The average molecular weight is 310 g/mol. The molecule has 2 aliphatic rings. The van der Waals surface area contributed by atoms with Crippen LogP contribution in [0.2, 0.25) is 0 Å². The second kappa shape index (κ2) is 6.73. The van der Waals surface area contributed by atoms with Crippen LogP contribution in [0.4, 0.5) is 0 Å². The van der Waals surface area contributed by atoms with Gasteiger partial charge in [0.05, 0.1) is 6.61 Å². The van der Waals surface area contributed by atoms with Crippen LogP contribution in [0.3, 0.4) is 0 Å². The Kier molecular flexibility index (Phi) is 4.51. The van der Waals surface area contributed by atoms with Gasteiger partial charge in [0.2, 0.25) is 0 Å². The first kappa shape index (κ1) is 15.4. The summed E-state index contributed by atoms with van der Waals surface area (Å²) >= 11 is 0. The van der Waals surface area contributed by atoms with Gasteiger partial charge in [-0.15, -0.1) is 0 Å². The molecular formula is C19H22N2O2. The normalized spacial score (nSPS) is 15.3. The summed E-state index contributed by atoms with van der Waals surface area (Å²) in [4.78, 5) is 15.7. The number of amides is 1. The molecule has 0 saturated heterocycles. The molecule has 0 spiro atoms. The highest BCUT2D eigenvalue weighted by Crippen LogP contribution is 2.26. The third kappa shape index (κ3) is 3.65. The number of nitrogens with zero attached hydrogens (tertiary/aromatic N) is 2. The monoisotopic (exact) mass is 310 g/mol. The lowest BCUT2D eigenvalue weighted by molar-refractivity contribution is 0.0827. The zero-order valence-corrected chi connectivity index (χ0v) is 13.7. The lowest BCUT2D eigenvalue weighted by atomic mass is 10.2. The number of allylic oxidation sites excluding steroid dienone is 3. The summed E-state index contributed by atoms with van der Waals surface area (Å²) < 4.78 is 5.75. The van der Waals surface area contributed by atoms with Gasteiger partial charge < -0.3 is 14.5 Å². The Morgan fingerprint density at radius 3 is 2.74 bits per heavy atom. The highest BCUT2D eigenvalue weighted by atomic mass is 16.5. The molecule has 1 aromatic rings. The molecule has 1 amide bonds. The first-order valence-corrected chi connectivity index (χ1v) is 7.91. The Morgan fingerprint density at radius 1 is 1.26 bits per heavy atom. The van der Waals surface area contributed by atoms with Crippen molar-refractivity contribution in [2.75, 3.05) is 33.8 Å². The van der Waals surface area contributed by atoms with Crippen molar-refractivity contribution < 1.29 is 9.53 Å². The van der Waals surface area contributed by atoms with Gasteiger partial charge in [-0.2, -0.15) is 0 Å². The lowest BCUT2D eigenvalue weighted by Crippen LogP contribution is -2.21. The minimum Gasteiger partial charge on any atom is -0.494 e. The number of rotatable bonds is 6. The van der Waals surface area contributed by atoms with E-state index in [4.69, 9.17) is 4.74 Å². The second-order valence-electron chi connectivity index (χ2n) is 6.03. The van der Waals surface area contributed by atoms with E-state index in [0.29, 0.717) is 12.2 Å². The number of fused-ring (bicyclic) bond motifs is 1. The molecule has 1 aliphatic heterocycles. The maximum atomic E-state index is 11.8. The van der Waals surface area contributed by atoms with Crippen LogP contribution in [0.15, 0.2) is 59.8 Å². The van der Waals surface area contributed by atoms with Crippen molar-refractivity contribution in [3.05, 3.63) is 65.4 Å². The number of ether oxygens (including phenoxy) is 1. The average Bonchev–Trinajstić information content (AvgIpc) is 3.12. The first-order valence-electron chi connectivity index (χ1n) is 7.91. The summed E-state index contributed by atoms with van der Waals surface area (Å²) in [5, 5.41) is 0. The summed E-state index contributed by atoms with van der Waals surface area (Å²) in [6, 6.07) is 7.33. The van der Waals surface area contributed by atoms with Crippen molar-refractivity contribution in [3.63, 3.8) is 0 Å². The predicted octanol–water partition coefficient (Wildman–Crippen LogP) is 2.85. The Hall–Kier alpha value is -2.49. The number of hydrogen-bond acceptors (Lipinski definition) is 3. The molecule has 0 radical (unpaired) electrons. The largest absolute Gasteiger partial charge is 0.494 e. The van der Waals surface area contributed by atoms with Gasteiger partial charge in [-0.25, -0.2) is 0 Å². The number of benzene rings is 1. The van der Waals surface area contributed by atoms with Gasteiger partial charge in [0.1, 0.15) is 5.75 Å². The second-order valence-corrected chi connectivity index (χ2v) is 6.03. The molecule has 23 heavy (non-hydrogen) atoms. The Bertz CT molecular complexity index is 669. The molecule has 0 aromatic heterocycles. The van der Waals surface area contributed by atoms with Gasteiger partial charge in [0.15, 0.2) is 0 Å². The molecule has 1 aliphatic carbocycles. The van der Waals surface area contributed by atoms with Crippen LogP contribution in [0.1, 0.15) is 16.8 Å². The molecule has 0 saturated carbocycles. The van der Waals surface area contributed by atoms with E-state index in [0.717, 1.165) is 25.3 Å². The van der Waals surface area contributed by atoms with E-state index in [1.165, 1.54) is 11.1 Å². The Labute approximate surface area is 137 Å². The fourth-order valence-corrected chi connectivity index (χ4v) is 2.76. The molecule has 3 rings (SSSR count). The molecule has 120 valence electrons. The molecule has 4 heteroatoms. The molecule has 4 nitrogen and oxygen atoms in total. The van der Waals surface area contributed by atoms with Crippen LogP contribution >= 0.6 is 0 Å². The van der Waals surface area contributed by atoms with E-state index in [1.54, 1.807) is 19.0 Å². The van der Waals surface area contributed by atoms with Crippen molar-refractivity contribution >= 4 is 5.91 Å². The van der Waals surface area contributed by atoms with E-state index < -0.39 is 0 Å². The number of carbonyl (C=O) groups excluding carboxylic acids is 1. The van der Waals surface area contributed by atoms with Crippen LogP contribution in [-0.2, 0) is 0 Å². The molecule has 0 fully saturated rings. The van der Waals surface area contributed by atoms with Gasteiger partial charge in [-0.3, -0.25) is 4.79 Å². The highest BCUT2D eigenvalue weighted by molar-refractivity contribution is 5.93. The topological polar surface area (TPSA) is 32.8 Å². The van der Waals surface area contributed by atoms with Gasteiger partial charge in [-0.1, -0.05) is 18.2 Å². The van der Waals surface area contributed by atoms with Gasteiger partial charge in [0, 0.05) is 38.9 Å². The van der Waals surface area contributed by atoms with Gasteiger partial charge in [-0.05, 0) is 41.8 Å². The SMILES string of the molecule is CN(C)C(=O)c1ccc(OCCCN2C=C3C=CC=C3C2)cc1. The third-order valence-electron chi connectivity index (χ3n) is 4.00.